The third-order valence-electron chi connectivity index (χ3n) is 4.71. The first-order valence-electron chi connectivity index (χ1n) is 8.77. The Labute approximate surface area is 141 Å². The van der Waals surface area contributed by atoms with E-state index in [0.29, 0.717) is 18.0 Å². The minimum Gasteiger partial charge on any atom is -0.369 e. The van der Waals surface area contributed by atoms with Crippen LogP contribution >= 0.6 is 0 Å². The molecule has 4 nitrogen and oxygen atoms in total. The minimum absolute atomic E-state index is 0.253. The highest BCUT2D eigenvalue weighted by atomic mass is 16.1. The van der Waals surface area contributed by atoms with E-state index in [1.807, 2.05) is 18.2 Å². The van der Waals surface area contributed by atoms with Gasteiger partial charge in [0.25, 0.3) is 0 Å². The molecule has 1 atom stereocenters. The second kappa shape index (κ2) is 8.44. The molecule has 1 heterocycles. The highest BCUT2D eigenvalue weighted by Crippen LogP contribution is 2.33. The Bertz CT molecular complexity index is 477. The molecule has 0 fully saturated rings. The van der Waals surface area contributed by atoms with Gasteiger partial charge in [0.2, 0.25) is 5.91 Å². The van der Waals surface area contributed by atoms with Gasteiger partial charge in [-0.25, -0.2) is 0 Å². The zero-order chi connectivity index (χ0) is 17.6. The number of nitrogens with one attached hydrogen (secondary N) is 1. The first-order chi connectivity index (χ1) is 10.7. The molecule has 0 saturated heterocycles. The summed E-state index contributed by atoms with van der Waals surface area (Å²) in [6.07, 6.45) is 3.23. The molecule has 0 saturated carbocycles. The number of hydrogen-bond acceptors (Lipinski definition) is 2. The van der Waals surface area contributed by atoms with Crippen LogP contribution in [0.4, 0.5) is 0 Å². The Morgan fingerprint density at radius 3 is 2.17 bits per heavy atom. The Balaban J connectivity index is 3.15. The molecule has 1 aromatic heterocycles. The molecule has 3 N–H and O–H groups in total. The maximum absolute atomic E-state index is 12.5. The molecule has 0 unspecified atom stereocenters. The second-order valence-electron chi connectivity index (χ2n) is 7.64. The molecule has 0 aromatic carbocycles. The van der Waals surface area contributed by atoms with Crippen molar-refractivity contribution in [3.8, 4) is 0 Å². The Kier molecular flexibility index (Phi) is 7.20. The molecular formula is C19H34N3O+. The van der Waals surface area contributed by atoms with Crippen LogP contribution in [0.1, 0.15) is 60.1 Å². The van der Waals surface area contributed by atoms with E-state index in [4.69, 9.17) is 5.73 Å². The van der Waals surface area contributed by atoms with Crippen LogP contribution in [-0.4, -0.2) is 29.5 Å². The molecule has 0 bridgehead atoms. The standard InChI is InChI=1S/C19H33N3O/c1-14(2)13-19(18(20)23,17-9-7-8-11-21-17)10-12-22(15(3)4)16(5)6/h7-9,11,14-16H,10,12-13H2,1-6H3,(H2,20,23)/p+1/t19-/m1/s1. The number of quaternary nitrogens is 1. The lowest BCUT2D eigenvalue weighted by Crippen LogP contribution is -3.18. The number of carbonyl (C=O) groups is 1. The summed E-state index contributed by atoms with van der Waals surface area (Å²) in [5, 5.41) is 0. The first-order valence-corrected chi connectivity index (χ1v) is 8.77. The molecule has 0 aliphatic rings. The van der Waals surface area contributed by atoms with Crippen molar-refractivity contribution in [2.24, 2.45) is 11.7 Å². The summed E-state index contributed by atoms with van der Waals surface area (Å²) in [7, 11) is 0. The molecular weight excluding hydrogens is 286 g/mol. The Morgan fingerprint density at radius 2 is 1.78 bits per heavy atom. The Hall–Kier alpha value is -1.42. The topological polar surface area (TPSA) is 60.4 Å². The van der Waals surface area contributed by atoms with Crippen molar-refractivity contribution < 1.29 is 9.69 Å². The molecule has 4 heteroatoms. The lowest BCUT2D eigenvalue weighted by atomic mass is 9.73. The molecule has 1 amide bonds. The molecule has 0 radical (unpaired) electrons. The average Bonchev–Trinajstić information content (AvgIpc) is 2.45. The number of carbonyl (C=O) groups excluding carboxylic acids is 1. The van der Waals surface area contributed by atoms with Gasteiger partial charge in [0, 0.05) is 12.6 Å². The number of aromatic nitrogens is 1. The van der Waals surface area contributed by atoms with Gasteiger partial charge in [0.05, 0.1) is 29.7 Å². The lowest BCUT2D eigenvalue weighted by Gasteiger charge is -2.35. The van der Waals surface area contributed by atoms with Crippen LogP contribution in [0.2, 0.25) is 0 Å². The SMILES string of the molecule is CC(C)C[C@@](CC[NH+](C(C)C)C(C)C)(C(N)=O)c1ccccn1. The van der Waals surface area contributed by atoms with Crippen LogP contribution in [-0.2, 0) is 10.2 Å². The summed E-state index contributed by atoms with van der Waals surface area (Å²) in [5.41, 5.74) is 6.04. The van der Waals surface area contributed by atoms with E-state index in [0.717, 1.165) is 25.1 Å². The predicted octanol–water partition coefficient (Wildman–Crippen LogP) is 1.94. The fraction of sp³-hybridized carbons (Fsp3) is 0.684. The van der Waals surface area contributed by atoms with Crippen molar-refractivity contribution in [1.29, 1.82) is 0 Å². The minimum atomic E-state index is -0.676. The van der Waals surface area contributed by atoms with E-state index in [9.17, 15) is 4.79 Å². The number of rotatable bonds is 9. The summed E-state index contributed by atoms with van der Waals surface area (Å²) < 4.78 is 0. The van der Waals surface area contributed by atoms with Crippen molar-refractivity contribution in [3.05, 3.63) is 30.1 Å². The number of nitrogens with zero attached hydrogens (tertiary/aromatic N) is 1. The summed E-state index contributed by atoms with van der Waals surface area (Å²) in [4.78, 5) is 18.5. The van der Waals surface area contributed by atoms with Crippen molar-refractivity contribution in [2.75, 3.05) is 6.54 Å². The van der Waals surface area contributed by atoms with Crippen LogP contribution in [0.15, 0.2) is 24.4 Å². The van der Waals surface area contributed by atoms with Crippen LogP contribution < -0.4 is 10.6 Å². The summed E-state index contributed by atoms with van der Waals surface area (Å²) in [6.45, 7) is 14.1. The van der Waals surface area contributed by atoms with Gasteiger partial charge < -0.3 is 10.6 Å². The number of primary amides is 1. The van der Waals surface area contributed by atoms with Gasteiger partial charge in [-0.2, -0.15) is 0 Å². The number of hydrogen-bond donors (Lipinski definition) is 2. The largest absolute Gasteiger partial charge is 0.369 e. The first kappa shape index (κ1) is 19.6. The lowest BCUT2D eigenvalue weighted by molar-refractivity contribution is -0.942. The van der Waals surface area contributed by atoms with E-state index in [1.165, 1.54) is 4.90 Å². The maximum Gasteiger partial charge on any atom is 0.229 e. The predicted molar refractivity (Wildman–Crippen MR) is 95.3 cm³/mol. The number of pyridine rings is 1. The highest BCUT2D eigenvalue weighted by Gasteiger charge is 2.41. The van der Waals surface area contributed by atoms with E-state index < -0.39 is 5.41 Å². The third-order valence-corrected chi connectivity index (χ3v) is 4.71. The van der Waals surface area contributed by atoms with E-state index in [1.54, 1.807) is 6.20 Å². The quantitative estimate of drug-likeness (QED) is 0.730. The molecule has 130 valence electrons. The van der Waals surface area contributed by atoms with Crippen LogP contribution in [0, 0.1) is 5.92 Å². The zero-order valence-corrected chi connectivity index (χ0v) is 15.6. The number of nitrogens with two attached hydrogens (primary N) is 1. The average molecular weight is 321 g/mol. The smallest absolute Gasteiger partial charge is 0.229 e. The van der Waals surface area contributed by atoms with Gasteiger partial charge >= 0.3 is 0 Å². The Morgan fingerprint density at radius 1 is 1.17 bits per heavy atom. The maximum atomic E-state index is 12.5. The highest BCUT2D eigenvalue weighted by molar-refractivity contribution is 5.86. The summed E-state index contributed by atoms with van der Waals surface area (Å²) in [5.74, 6) is 0.128. The zero-order valence-electron chi connectivity index (χ0n) is 15.6. The van der Waals surface area contributed by atoms with Gasteiger partial charge in [-0.15, -0.1) is 0 Å². The van der Waals surface area contributed by atoms with Crippen LogP contribution in [0.3, 0.4) is 0 Å². The second-order valence-corrected chi connectivity index (χ2v) is 7.64. The van der Waals surface area contributed by atoms with Gasteiger partial charge in [-0.05, 0) is 52.2 Å². The molecule has 1 rings (SSSR count). The summed E-state index contributed by atoms with van der Waals surface area (Å²) in [6, 6.07) is 6.80. The van der Waals surface area contributed by atoms with Gasteiger partial charge in [0.1, 0.15) is 0 Å². The molecule has 0 spiro atoms. The van der Waals surface area contributed by atoms with Crippen LogP contribution in [0.25, 0.3) is 0 Å². The van der Waals surface area contributed by atoms with Crippen LogP contribution in [0.5, 0.6) is 0 Å². The molecule has 1 aromatic rings. The normalized spacial score (nSPS) is 14.7. The molecule has 0 aliphatic carbocycles. The van der Waals surface area contributed by atoms with Gasteiger partial charge in [-0.3, -0.25) is 9.78 Å². The fourth-order valence-corrected chi connectivity index (χ4v) is 3.63. The molecule has 23 heavy (non-hydrogen) atoms. The van der Waals surface area contributed by atoms with E-state index >= 15 is 0 Å². The van der Waals surface area contributed by atoms with Crippen molar-refractivity contribution in [1.82, 2.24) is 4.98 Å². The third kappa shape index (κ3) is 5.03. The van der Waals surface area contributed by atoms with E-state index in [-0.39, 0.29) is 5.91 Å². The van der Waals surface area contributed by atoms with Gasteiger partial charge in [0.15, 0.2) is 0 Å². The van der Waals surface area contributed by atoms with E-state index in [2.05, 4.69) is 46.5 Å². The van der Waals surface area contributed by atoms with Crippen molar-refractivity contribution in [2.45, 2.75) is 71.9 Å². The summed E-state index contributed by atoms with van der Waals surface area (Å²) >= 11 is 0. The van der Waals surface area contributed by atoms with Crippen molar-refractivity contribution >= 4 is 5.91 Å². The van der Waals surface area contributed by atoms with Crippen molar-refractivity contribution in [3.63, 3.8) is 0 Å². The monoisotopic (exact) mass is 320 g/mol. The van der Waals surface area contributed by atoms with Gasteiger partial charge in [-0.1, -0.05) is 19.9 Å². The molecule has 0 aliphatic heterocycles. The fourth-order valence-electron chi connectivity index (χ4n) is 3.63. The number of amides is 1.